The molecule has 1 aromatic carbocycles. The highest BCUT2D eigenvalue weighted by molar-refractivity contribution is 5.22. The highest BCUT2D eigenvalue weighted by atomic mass is 15.3. The number of benzene rings is 1. The van der Waals surface area contributed by atoms with Crippen LogP contribution in [0.2, 0.25) is 0 Å². The average molecular weight is 289 g/mol. The van der Waals surface area contributed by atoms with Gasteiger partial charge in [-0.2, -0.15) is 0 Å². The lowest BCUT2D eigenvalue weighted by atomic mass is 10.0. The first-order chi connectivity index (χ1) is 10.0. The number of rotatable bonds is 6. The third-order valence-corrected chi connectivity index (χ3v) is 4.68. The van der Waals surface area contributed by atoms with Gasteiger partial charge in [0.25, 0.3) is 0 Å². The fourth-order valence-electron chi connectivity index (χ4n) is 2.93. The molecule has 3 heteroatoms. The van der Waals surface area contributed by atoms with E-state index < -0.39 is 0 Å². The Morgan fingerprint density at radius 3 is 2.14 bits per heavy atom. The largest absolute Gasteiger partial charge is 0.311 e. The highest BCUT2D eigenvalue weighted by Gasteiger charge is 2.28. The van der Waals surface area contributed by atoms with Crippen LogP contribution in [0.4, 0.5) is 0 Å². The number of nitrogens with one attached hydrogen (secondary N) is 1. The van der Waals surface area contributed by atoms with Gasteiger partial charge in [0.1, 0.15) is 0 Å². The van der Waals surface area contributed by atoms with E-state index in [4.69, 9.17) is 0 Å². The van der Waals surface area contributed by atoms with Crippen LogP contribution in [0.1, 0.15) is 31.9 Å². The molecule has 1 saturated heterocycles. The van der Waals surface area contributed by atoms with E-state index in [1.54, 1.807) is 0 Å². The minimum Gasteiger partial charge on any atom is -0.311 e. The van der Waals surface area contributed by atoms with E-state index in [0.29, 0.717) is 0 Å². The Bertz CT molecular complexity index is 417. The molecule has 0 bridgehead atoms. The number of likely N-dealkylation sites (N-methyl/N-ethyl adjacent to an activating group) is 1. The van der Waals surface area contributed by atoms with Crippen LogP contribution in [0, 0.1) is 0 Å². The van der Waals surface area contributed by atoms with Crippen molar-refractivity contribution >= 4 is 0 Å². The number of piperazine rings is 1. The third kappa shape index (κ3) is 4.80. The summed E-state index contributed by atoms with van der Waals surface area (Å²) in [6, 6.07) is 8.97. The van der Waals surface area contributed by atoms with E-state index in [1.807, 2.05) is 0 Å². The average Bonchev–Trinajstić information content (AvgIpc) is 2.48. The molecule has 0 saturated carbocycles. The molecular weight excluding hydrogens is 258 g/mol. The molecule has 0 aliphatic carbocycles. The lowest BCUT2D eigenvalue weighted by Crippen LogP contribution is -2.57. The molecule has 21 heavy (non-hydrogen) atoms. The third-order valence-electron chi connectivity index (χ3n) is 4.68. The summed E-state index contributed by atoms with van der Waals surface area (Å²) in [6.45, 7) is 13.6. The zero-order valence-corrected chi connectivity index (χ0v) is 14.2. The Labute approximate surface area is 130 Å². The SMILES string of the molecule is CCc1ccc(CNCC(C)(C)N2CCN(C)CC2)cc1. The zero-order valence-electron chi connectivity index (χ0n) is 14.2. The van der Waals surface area contributed by atoms with Crippen LogP contribution in [-0.2, 0) is 13.0 Å². The van der Waals surface area contributed by atoms with E-state index in [-0.39, 0.29) is 5.54 Å². The van der Waals surface area contributed by atoms with Gasteiger partial charge in [-0.25, -0.2) is 0 Å². The van der Waals surface area contributed by atoms with Gasteiger partial charge in [-0.05, 0) is 38.4 Å². The maximum Gasteiger partial charge on any atom is 0.0278 e. The molecule has 1 aliphatic rings. The normalized spacial score (nSPS) is 18.1. The molecule has 0 aromatic heterocycles. The van der Waals surface area contributed by atoms with Gasteiger partial charge in [0.2, 0.25) is 0 Å². The molecular formula is C18H31N3. The second-order valence-corrected chi connectivity index (χ2v) is 6.88. The fraction of sp³-hybridized carbons (Fsp3) is 0.667. The van der Waals surface area contributed by atoms with Crippen molar-refractivity contribution in [1.29, 1.82) is 0 Å². The second kappa shape index (κ2) is 7.39. The summed E-state index contributed by atoms with van der Waals surface area (Å²) in [7, 11) is 2.21. The topological polar surface area (TPSA) is 18.5 Å². The van der Waals surface area contributed by atoms with Gasteiger partial charge in [-0.3, -0.25) is 4.90 Å². The van der Waals surface area contributed by atoms with E-state index in [0.717, 1.165) is 19.5 Å². The van der Waals surface area contributed by atoms with Crippen LogP contribution in [0.15, 0.2) is 24.3 Å². The monoisotopic (exact) mass is 289 g/mol. The molecule has 2 rings (SSSR count). The molecule has 1 aliphatic heterocycles. The van der Waals surface area contributed by atoms with Crippen molar-refractivity contribution in [2.45, 2.75) is 39.3 Å². The Morgan fingerprint density at radius 2 is 1.57 bits per heavy atom. The van der Waals surface area contributed by atoms with Crippen molar-refractivity contribution < 1.29 is 0 Å². The van der Waals surface area contributed by atoms with Crippen LogP contribution >= 0.6 is 0 Å². The minimum atomic E-state index is 0.227. The van der Waals surface area contributed by atoms with Gasteiger partial charge in [0, 0.05) is 44.8 Å². The Hall–Kier alpha value is -0.900. The summed E-state index contributed by atoms with van der Waals surface area (Å²) in [5.41, 5.74) is 3.02. The smallest absolute Gasteiger partial charge is 0.0278 e. The summed E-state index contributed by atoms with van der Waals surface area (Å²) in [5.74, 6) is 0. The van der Waals surface area contributed by atoms with E-state index in [2.05, 4.69) is 67.2 Å². The highest BCUT2D eigenvalue weighted by Crippen LogP contribution is 2.16. The molecule has 0 radical (unpaired) electrons. The van der Waals surface area contributed by atoms with Crippen molar-refractivity contribution in [1.82, 2.24) is 15.1 Å². The lowest BCUT2D eigenvalue weighted by molar-refractivity contribution is 0.0618. The van der Waals surface area contributed by atoms with E-state index in [9.17, 15) is 0 Å². The summed E-state index contributed by atoms with van der Waals surface area (Å²) in [4.78, 5) is 5.02. The minimum absolute atomic E-state index is 0.227. The van der Waals surface area contributed by atoms with Gasteiger partial charge >= 0.3 is 0 Å². The molecule has 0 spiro atoms. The summed E-state index contributed by atoms with van der Waals surface area (Å²) < 4.78 is 0. The Kier molecular flexibility index (Phi) is 5.80. The van der Waals surface area contributed by atoms with Crippen molar-refractivity contribution in [2.75, 3.05) is 39.8 Å². The number of hydrogen-bond acceptors (Lipinski definition) is 3. The standard InChI is InChI=1S/C18H31N3/c1-5-16-6-8-17(9-7-16)14-19-15-18(2,3)21-12-10-20(4)11-13-21/h6-9,19H,5,10-15H2,1-4H3. The van der Waals surface area contributed by atoms with Crippen molar-refractivity contribution in [3.63, 3.8) is 0 Å². The van der Waals surface area contributed by atoms with Gasteiger partial charge in [-0.15, -0.1) is 0 Å². The second-order valence-electron chi connectivity index (χ2n) is 6.88. The molecule has 1 heterocycles. The molecule has 1 aromatic rings. The van der Waals surface area contributed by atoms with E-state index >= 15 is 0 Å². The summed E-state index contributed by atoms with van der Waals surface area (Å²) >= 11 is 0. The molecule has 0 unspecified atom stereocenters. The number of hydrogen-bond donors (Lipinski definition) is 1. The number of aryl methyl sites for hydroxylation is 1. The molecule has 118 valence electrons. The van der Waals surface area contributed by atoms with Crippen molar-refractivity contribution in [3.8, 4) is 0 Å². The number of nitrogens with zero attached hydrogens (tertiary/aromatic N) is 2. The van der Waals surface area contributed by atoms with E-state index in [1.165, 1.54) is 37.3 Å². The van der Waals surface area contributed by atoms with Crippen molar-refractivity contribution in [3.05, 3.63) is 35.4 Å². The summed E-state index contributed by atoms with van der Waals surface area (Å²) in [5, 5.41) is 3.63. The quantitative estimate of drug-likeness (QED) is 0.867. The zero-order chi connectivity index (χ0) is 15.3. The summed E-state index contributed by atoms with van der Waals surface area (Å²) in [6.07, 6.45) is 1.12. The first-order valence-corrected chi connectivity index (χ1v) is 8.23. The maximum atomic E-state index is 3.63. The maximum absolute atomic E-state index is 3.63. The first kappa shape index (κ1) is 16.5. The van der Waals surface area contributed by atoms with Crippen LogP contribution in [-0.4, -0.2) is 55.1 Å². The molecule has 1 N–H and O–H groups in total. The fourth-order valence-corrected chi connectivity index (χ4v) is 2.93. The van der Waals surface area contributed by atoms with Gasteiger partial charge < -0.3 is 10.2 Å². The Balaban J connectivity index is 1.78. The molecule has 0 amide bonds. The molecule has 3 nitrogen and oxygen atoms in total. The van der Waals surface area contributed by atoms with Gasteiger partial charge in [0.05, 0.1) is 0 Å². The first-order valence-electron chi connectivity index (χ1n) is 8.23. The van der Waals surface area contributed by atoms with Crippen molar-refractivity contribution in [2.24, 2.45) is 0 Å². The van der Waals surface area contributed by atoms with Gasteiger partial charge in [-0.1, -0.05) is 31.2 Å². The van der Waals surface area contributed by atoms with Crippen LogP contribution in [0.5, 0.6) is 0 Å². The molecule has 1 fully saturated rings. The lowest BCUT2D eigenvalue weighted by Gasteiger charge is -2.43. The van der Waals surface area contributed by atoms with Gasteiger partial charge in [0.15, 0.2) is 0 Å². The van der Waals surface area contributed by atoms with Crippen LogP contribution in [0.3, 0.4) is 0 Å². The Morgan fingerprint density at radius 1 is 1.00 bits per heavy atom. The van der Waals surface area contributed by atoms with Crippen LogP contribution < -0.4 is 5.32 Å². The predicted octanol–water partition coefficient (Wildman–Crippen LogP) is 2.36. The molecule has 0 atom stereocenters. The van der Waals surface area contributed by atoms with Crippen LogP contribution in [0.25, 0.3) is 0 Å². The predicted molar refractivity (Wildman–Crippen MR) is 90.7 cm³/mol.